The van der Waals surface area contributed by atoms with Crippen LogP contribution in [0.5, 0.6) is 0 Å². The van der Waals surface area contributed by atoms with Crippen molar-refractivity contribution in [3.8, 4) is 0 Å². The molecule has 2 amide bonds. The van der Waals surface area contributed by atoms with Gasteiger partial charge in [0.1, 0.15) is 0 Å². The lowest BCUT2D eigenvalue weighted by Crippen LogP contribution is -2.38. The molecule has 0 aromatic carbocycles. The van der Waals surface area contributed by atoms with Crippen LogP contribution in [-0.4, -0.2) is 111 Å². The van der Waals surface area contributed by atoms with Gasteiger partial charge >= 0.3 is 0 Å². The summed E-state index contributed by atoms with van der Waals surface area (Å²) in [6.07, 6.45) is 4.19. The van der Waals surface area contributed by atoms with E-state index < -0.39 is 0 Å². The van der Waals surface area contributed by atoms with E-state index >= 15 is 0 Å². The van der Waals surface area contributed by atoms with Crippen LogP contribution in [0.15, 0.2) is 0 Å². The summed E-state index contributed by atoms with van der Waals surface area (Å²) >= 11 is 0. The molecule has 0 unspecified atom stereocenters. The van der Waals surface area contributed by atoms with E-state index in [0.29, 0.717) is 24.5 Å². The van der Waals surface area contributed by atoms with Crippen molar-refractivity contribution in [1.29, 1.82) is 0 Å². The van der Waals surface area contributed by atoms with Crippen molar-refractivity contribution in [3.63, 3.8) is 0 Å². The van der Waals surface area contributed by atoms with Gasteiger partial charge in [-0.1, -0.05) is 13.8 Å². The van der Waals surface area contributed by atoms with Gasteiger partial charge in [-0.25, -0.2) is 0 Å². The van der Waals surface area contributed by atoms with Crippen molar-refractivity contribution in [2.45, 2.75) is 79.4 Å². The van der Waals surface area contributed by atoms with Gasteiger partial charge < -0.3 is 24.0 Å². The van der Waals surface area contributed by atoms with Crippen molar-refractivity contribution in [2.75, 3.05) is 72.2 Å². The monoisotopic (exact) mass is 485 g/mol. The smallest absolute Gasteiger partial charge is 0.222 e. The summed E-state index contributed by atoms with van der Waals surface area (Å²) in [6, 6.07) is 0. The number of carbonyl (C=O) groups is 2. The van der Waals surface area contributed by atoms with Gasteiger partial charge in [-0.2, -0.15) is 0 Å². The van der Waals surface area contributed by atoms with Gasteiger partial charge in [-0.15, -0.1) is 0 Å². The molecule has 0 atom stereocenters. The predicted molar refractivity (Wildman–Crippen MR) is 136 cm³/mol. The lowest BCUT2D eigenvalue weighted by atomic mass is 10.2. The van der Waals surface area contributed by atoms with Gasteiger partial charge in [-0.05, 0) is 46.5 Å². The summed E-state index contributed by atoms with van der Waals surface area (Å²) in [5.41, 5.74) is 0. The van der Waals surface area contributed by atoms with Crippen LogP contribution in [0.2, 0.25) is 0 Å². The fourth-order valence-electron chi connectivity index (χ4n) is 3.92. The minimum atomic E-state index is 0.266. The van der Waals surface area contributed by atoms with Crippen LogP contribution in [0.1, 0.15) is 67.2 Å². The number of amides is 2. The molecule has 0 radical (unpaired) electrons. The number of carbonyl (C=O) groups excluding carboxylic acids is 2. The number of morpholine rings is 1. The zero-order valence-corrected chi connectivity index (χ0v) is 22.7. The molecule has 3 rings (SSSR count). The highest BCUT2D eigenvalue weighted by Crippen LogP contribution is 2.11. The molecule has 3 fully saturated rings. The first kappa shape index (κ1) is 30.8. The van der Waals surface area contributed by atoms with E-state index in [1.165, 1.54) is 0 Å². The fourth-order valence-corrected chi connectivity index (χ4v) is 3.92. The average Bonchev–Trinajstić information content (AvgIpc) is 3.37. The Labute approximate surface area is 208 Å². The molecule has 0 aromatic heterocycles. The molecule has 0 saturated carbocycles. The second-order valence-corrected chi connectivity index (χ2v) is 10.1. The molecule has 0 aromatic rings. The van der Waals surface area contributed by atoms with E-state index in [1.807, 2.05) is 23.6 Å². The lowest BCUT2D eigenvalue weighted by molar-refractivity contribution is -0.129. The molecule has 0 N–H and O–H groups in total. The Morgan fingerprint density at radius 3 is 1.68 bits per heavy atom. The van der Waals surface area contributed by atoms with Crippen LogP contribution < -0.4 is 0 Å². The second-order valence-electron chi connectivity index (χ2n) is 10.1. The first-order valence-corrected chi connectivity index (χ1v) is 13.3. The summed E-state index contributed by atoms with van der Waals surface area (Å²) in [6.45, 7) is 22.5. The largest absolute Gasteiger partial charge is 0.379 e. The average molecular weight is 486 g/mol. The molecule has 200 valence electrons. The molecule has 8 heteroatoms. The lowest BCUT2D eigenvalue weighted by Gasteiger charge is -2.26. The van der Waals surface area contributed by atoms with Crippen LogP contribution in [0, 0.1) is 5.92 Å². The standard InChI is InChI=1S/C9H19NO2.C9H17NO2.C8H15NO/c1-9(2)12-8-5-10-3-6-11-7-4-10;1-8(2)12-7-6-10-5-3-4-9(10)11;1-7(2)6-9-5-3-4-8(9)10/h9H,3-8H2,1-2H3;8H,3-7H2,1-2H3;7H,3-6H2,1-2H3. The molecular weight excluding hydrogens is 434 g/mol. The highest BCUT2D eigenvalue weighted by Gasteiger charge is 2.20. The number of hydrogen-bond acceptors (Lipinski definition) is 6. The number of hydrogen-bond donors (Lipinski definition) is 0. The Morgan fingerprint density at radius 1 is 0.735 bits per heavy atom. The quantitative estimate of drug-likeness (QED) is 0.474. The summed E-state index contributed by atoms with van der Waals surface area (Å²) in [4.78, 5) is 28.4. The van der Waals surface area contributed by atoms with Crippen LogP contribution in [-0.2, 0) is 23.8 Å². The van der Waals surface area contributed by atoms with Gasteiger partial charge in [0.15, 0.2) is 0 Å². The maximum Gasteiger partial charge on any atom is 0.222 e. The highest BCUT2D eigenvalue weighted by molar-refractivity contribution is 5.78. The minimum absolute atomic E-state index is 0.266. The molecule has 3 heterocycles. The molecule has 0 spiro atoms. The maximum atomic E-state index is 11.1. The third kappa shape index (κ3) is 14.9. The van der Waals surface area contributed by atoms with Crippen molar-refractivity contribution in [1.82, 2.24) is 14.7 Å². The zero-order chi connectivity index (χ0) is 25.3. The number of nitrogens with zero attached hydrogens (tertiary/aromatic N) is 3. The second kappa shape index (κ2) is 18.1. The molecule has 0 aliphatic carbocycles. The Balaban J connectivity index is 0.000000256. The molecule has 34 heavy (non-hydrogen) atoms. The summed E-state index contributed by atoms with van der Waals surface area (Å²) in [7, 11) is 0. The fraction of sp³-hybridized carbons (Fsp3) is 0.923. The van der Waals surface area contributed by atoms with Gasteiger partial charge in [-0.3, -0.25) is 14.5 Å². The SMILES string of the molecule is CC(C)CN1CCCC1=O.CC(C)OCCN1CCCC1=O.CC(C)OCCN1CCOCC1. The van der Waals surface area contributed by atoms with E-state index in [-0.39, 0.29) is 12.0 Å². The van der Waals surface area contributed by atoms with Gasteiger partial charge in [0.2, 0.25) is 11.8 Å². The number of ether oxygens (including phenoxy) is 3. The highest BCUT2D eigenvalue weighted by atomic mass is 16.5. The Bertz CT molecular complexity index is 551. The molecule has 3 aliphatic heterocycles. The minimum Gasteiger partial charge on any atom is -0.379 e. The van der Waals surface area contributed by atoms with Crippen LogP contribution in [0.25, 0.3) is 0 Å². The topological polar surface area (TPSA) is 71.5 Å². The summed E-state index contributed by atoms with van der Waals surface area (Å²) in [5, 5.41) is 0. The van der Waals surface area contributed by atoms with Crippen molar-refractivity contribution in [3.05, 3.63) is 0 Å². The van der Waals surface area contributed by atoms with Gasteiger partial charge in [0.05, 0.1) is 38.6 Å². The van der Waals surface area contributed by atoms with E-state index in [0.717, 1.165) is 91.3 Å². The number of likely N-dealkylation sites (tertiary alicyclic amines) is 2. The van der Waals surface area contributed by atoms with Crippen molar-refractivity contribution in [2.24, 2.45) is 5.92 Å². The van der Waals surface area contributed by atoms with Gasteiger partial charge in [0.25, 0.3) is 0 Å². The predicted octanol–water partition coefficient (Wildman–Crippen LogP) is 3.04. The first-order valence-electron chi connectivity index (χ1n) is 13.3. The normalized spacial score (nSPS) is 19.1. The van der Waals surface area contributed by atoms with Crippen LogP contribution in [0.3, 0.4) is 0 Å². The molecule has 3 saturated heterocycles. The van der Waals surface area contributed by atoms with E-state index in [1.54, 1.807) is 0 Å². The van der Waals surface area contributed by atoms with Crippen LogP contribution in [0.4, 0.5) is 0 Å². The first-order chi connectivity index (χ1) is 16.2. The number of rotatable bonds is 10. The Kier molecular flexibility index (Phi) is 16.4. The van der Waals surface area contributed by atoms with E-state index in [2.05, 4.69) is 32.6 Å². The third-order valence-electron chi connectivity index (χ3n) is 5.70. The third-order valence-corrected chi connectivity index (χ3v) is 5.70. The van der Waals surface area contributed by atoms with Crippen molar-refractivity contribution < 1.29 is 23.8 Å². The van der Waals surface area contributed by atoms with Crippen LogP contribution >= 0.6 is 0 Å². The summed E-state index contributed by atoms with van der Waals surface area (Å²) in [5.74, 6) is 1.23. The Morgan fingerprint density at radius 2 is 1.24 bits per heavy atom. The van der Waals surface area contributed by atoms with Gasteiger partial charge in [0, 0.05) is 58.7 Å². The Hall–Kier alpha value is -1.22. The molecular formula is C26H51N3O5. The zero-order valence-electron chi connectivity index (χ0n) is 22.7. The molecule has 8 nitrogen and oxygen atoms in total. The van der Waals surface area contributed by atoms with E-state index in [9.17, 15) is 9.59 Å². The van der Waals surface area contributed by atoms with Crippen molar-refractivity contribution >= 4 is 11.8 Å². The van der Waals surface area contributed by atoms with E-state index in [4.69, 9.17) is 14.2 Å². The summed E-state index contributed by atoms with van der Waals surface area (Å²) < 4.78 is 16.1. The molecule has 0 bridgehead atoms. The molecule has 3 aliphatic rings. The maximum absolute atomic E-state index is 11.1.